The largest absolute Gasteiger partial charge is 0.426 e. The van der Waals surface area contributed by atoms with E-state index >= 15 is 0 Å². The molecule has 0 saturated carbocycles. The van der Waals surface area contributed by atoms with Crippen LogP contribution in [0.15, 0.2) is 24.6 Å². The van der Waals surface area contributed by atoms with Crippen molar-refractivity contribution in [2.24, 2.45) is 5.92 Å². The van der Waals surface area contributed by atoms with Crippen LogP contribution in [0.3, 0.4) is 0 Å². The van der Waals surface area contributed by atoms with Gasteiger partial charge in [0, 0.05) is 12.3 Å². The van der Waals surface area contributed by atoms with E-state index in [1.54, 1.807) is 0 Å². The number of hydrogen-bond donors (Lipinski definition) is 1. The van der Waals surface area contributed by atoms with Crippen molar-refractivity contribution in [2.75, 3.05) is 0 Å². The number of hydrogen-bond acceptors (Lipinski definition) is 1. The third-order valence-corrected chi connectivity index (χ3v) is 2.29. The predicted molar refractivity (Wildman–Crippen MR) is 45.7 cm³/mol. The highest BCUT2D eigenvalue weighted by Crippen LogP contribution is 2.49. The Hall–Kier alpha value is -1.19. The van der Waals surface area contributed by atoms with Gasteiger partial charge in [-0.1, -0.05) is 6.08 Å². The summed E-state index contributed by atoms with van der Waals surface area (Å²) in [6, 6.07) is 0. The third-order valence-electron chi connectivity index (χ3n) is 2.29. The molecule has 0 bridgehead atoms. The van der Waals surface area contributed by atoms with Crippen molar-refractivity contribution in [3.8, 4) is 0 Å². The lowest BCUT2D eigenvalue weighted by molar-refractivity contribution is -0.380. The van der Waals surface area contributed by atoms with E-state index in [1.807, 2.05) is 0 Å². The third kappa shape index (κ3) is 3.43. The van der Waals surface area contributed by atoms with Gasteiger partial charge in [0.2, 0.25) is 0 Å². The smallest absolute Gasteiger partial charge is 0.373 e. The molecule has 0 spiro atoms. The van der Waals surface area contributed by atoms with Crippen LogP contribution < -0.4 is 0 Å². The molecular formula is C9H7F9O. The number of rotatable bonds is 4. The van der Waals surface area contributed by atoms with E-state index < -0.39 is 42.2 Å². The van der Waals surface area contributed by atoms with Crippen molar-refractivity contribution >= 4 is 0 Å². The maximum absolute atomic E-state index is 12.5. The maximum atomic E-state index is 12.5. The van der Waals surface area contributed by atoms with Gasteiger partial charge in [0.05, 0.1) is 0 Å². The van der Waals surface area contributed by atoms with E-state index in [9.17, 15) is 39.5 Å². The van der Waals surface area contributed by atoms with Crippen LogP contribution in [-0.4, -0.2) is 23.1 Å². The van der Waals surface area contributed by atoms with E-state index in [0.717, 1.165) is 0 Å². The minimum absolute atomic E-state index is 0.0799. The Balaban J connectivity index is 5.74. The predicted octanol–water partition coefficient (Wildman–Crippen LogP) is 4.11. The van der Waals surface area contributed by atoms with Gasteiger partial charge < -0.3 is 5.11 Å². The van der Waals surface area contributed by atoms with Crippen molar-refractivity contribution in [2.45, 2.75) is 24.4 Å². The van der Waals surface area contributed by atoms with Crippen molar-refractivity contribution in [3.05, 3.63) is 24.6 Å². The fraction of sp³-hybridized carbons (Fsp3) is 0.556. The topological polar surface area (TPSA) is 20.2 Å². The molecule has 1 nitrogen and oxygen atoms in total. The van der Waals surface area contributed by atoms with Gasteiger partial charge in [-0.3, -0.25) is 0 Å². The van der Waals surface area contributed by atoms with Crippen LogP contribution in [0.2, 0.25) is 0 Å². The molecule has 0 heterocycles. The molecule has 10 heteroatoms. The van der Waals surface area contributed by atoms with Gasteiger partial charge in [0.25, 0.3) is 5.60 Å². The van der Waals surface area contributed by atoms with E-state index in [4.69, 9.17) is 5.11 Å². The standard InChI is InChI=1S/C9H7F9O/c1-2-4(3-5(10)6(11)12)7(19,8(13,14)15)9(16,17)18/h2,4,19H,1,3H2. The highest BCUT2D eigenvalue weighted by molar-refractivity contribution is 5.10. The fourth-order valence-electron chi connectivity index (χ4n) is 1.25. The molecule has 0 aromatic heterocycles. The number of halogens is 9. The van der Waals surface area contributed by atoms with Crippen LogP contribution in [0.25, 0.3) is 0 Å². The fourth-order valence-corrected chi connectivity index (χ4v) is 1.25. The van der Waals surface area contributed by atoms with Crippen LogP contribution >= 0.6 is 0 Å². The molecule has 0 fully saturated rings. The van der Waals surface area contributed by atoms with Crippen LogP contribution in [-0.2, 0) is 0 Å². The average Bonchev–Trinajstić information content (AvgIpc) is 2.20. The molecule has 0 aliphatic rings. The molecule has 0 radical (unpaired) electrons. The van der Waals surface area contributed by atoms with E-state index in [0.29, 0.717) is 0 Å². The molecule has 19 heavy (non-hydrogen) atoms. The highest BCUT2D eigenvalue weighted by Gasteiger charge is 2.73. The summed E-state index contributed by atoms with van der Waals surface area (Å²) in [5.41, 5.74) is -5.37. The molecule has 0 amide bonds. The lowest BCUT2D eigenvalue weighted by Gasteiger charge is -2.37. The molecule has 1 N–H and O–H groups in total. The van der Waals surface area contributed by atoms with E-state index in [2.05, 4.69) is 6.58 Å². The lowest BCUT2D eigenvalue weighted by atomic mass is 9.83. The minimum Gasteiger partial charge on any atom is -0.373 e. The molecular weight excluding hydrogens is 295 g/mol. The molecule has 0 rings (SSSR count). The quantitative estimate of drug-likeness (QED) is 0.612. The first-order valence-corrected chi connectivity index (χ1v) is 4.47. The Morgan fingerprint density at radius 2 is 1.37 bits per heavy atom. The van der Waals surface area contributed by atoms with Crippen LogP contribution in [0.4, 0.5) is 39.5 Å². The SMILES string of the molecule is C=CC(CC(F)=C(F)F)C(O)(C(F)(F)F)C(F)(F)F. The van der Waals surface area contributed by atoms with E-state index in [-0.39, 0.29) is 6.08 Å². The van der Waals surface area contributed by atoms with Gasteiger partial charge >= 0.3 is 18.4 Å². The summed E-state index contributed by atoms with van der Waals surface area (Å²) in [7, 11) is 0. The van der Waals surface area contributed by atoms with Crippen LogP contribution in [0.1, 0.15) is 6.42 Å². The van der Waals surface area contributed by atoms with Crippen LogP contribution in [0.5, 0.6) is 0 Å². The zero-order valence-corrected chi connectivity index (χ0v) is 8.92. The maximum Gasteiger partial charge on any atom is 0.426 e. The van der Waals surface area contributed by atoms with Gasteiger partial charge in [0.1, 0.15) is 0 Å². The normalized spacial score (nSPS) is 15.1. The summed E-state index contributed by atoms with van der Waals surface area (Å²) < 4.78 is 110. The molecule has 0 aliphatic carbocycles. The van der Waals surface area contributed by atoms with Gasteiger partial charge in [-0.25, -0.2) is 4.39 Å². The second-order valence-electron chi connectivity index (χ2n) is 3.47. The highest BCUT2D eigenvalue weighted by atomic mass is 19.4. The van der Waals surface area contributed by atoms with Crippen LogP contribution in [0, 0.1) is 5.92 Å². The molecule has 112 valence electrons. The first-order chi connectivity index (χ1) is 8.29. The number of alkyl halides is 6. The number of allylic oxidation sites excluding steroid dienone is 1. The first-order valence-electron chi connectivity index (χ1n) is 4.47. The van der Waals surface area contributed by atoms with Crippen molar-refractivity contribution in [3.63, 3.8) is 0 Å². The summed E-state index contributed by atoms with van der Waals surface area (Å²) in [6.07, 6.45) is -17.6. The first kappa shape index (κ1) is 17.8. The second-order valence-corrected chi connectivity index (χ2v) is 3.47. The summed E-state index contributed by atoms with van der Waals surface area (Å²) in [6.45, 7) is 2.57. The minimum atomic E-state index is -6.24. The van der Waals surface area contributed by atoms with E-state index in [1.165, 1.54) is 0 Å². The van der Waals surface area contributed by atoms with Crippen molar-refractivity contribution < 1.29 is 44.6 Å². The summed E-state index contributed by atoms with van der Waals surface area (Å²) in [5.74, 6) is -5.54. The number of aliphatic hydroxyl groups is 1. The molecule has 0 saturated heterocycles. The zero-order chi connectivity index (χ0) is 15.6. The summed E-state index contributed by atoms with van der Waals surface area (Å²) in [5, 5.41) is 8.82. The molecule has 0 aromatic rings. The van der Waals surface area contributed by atoms with Crippen molar-refractivity contribution in [1.29, 1.82) is 0 Å². The Labute approximate surface area is 101 Å². The molecule has 0 aromatic carbocycles. The Kier molecular flexibility index (Phi) is 5.09. The molecule has 0 aliphatic heterocycles. The van der Waals surface area contributed by atoms with Gasteiger partial charge in [-0.05, 0) is 0 Å². The lowest BCUT2D eigenvalue weighted by Crippen LogP contribution is -2.61. The van der Waals surface area contributed by atoms with Gasteiger partial charge in [-0.2, -0.15) is 35.1 Å². The Bertz CT molecular complexity index is 347. The molecule has 1 atom stereocenters. The summed E-state index contributed by atoms with van der Waals surface area (Å²) >= 11 is 0. The Morgan fingerprint density at radius 3 is 1.58 bits per heavy atom. The average molecular weight is 302 g/mol. The monoisotopic (exact) mass is 302 g/mol. The second kappa shape index (κ2) is 5.43. The Morgan fingerprint density at radius 1 is 1.00 bits per heavy atom. The van der Waals surface area contributed by atoms with Gasteiger partial charge in [0.15, 0.2) is 5.83 Å². The van der Waals surface area contributed by atoms with Crippen molar-refractivity contribution in [1.82, 2.24) is 0 Å². The summed E-state index contributed by atoms with van der Waals surface area (Å²) in [4.78, 5) is 0. The molecule has 1 unspecified atom stereocenters. The zero-order valence-electron chi connectivity index (χ0n) is 8.92. The van der Waals surface area contributed by atoms with Gasteiger partial charge in [-0.15, -0.1) is 6.58 Å².